The van der Waals surface area contributed by atoms with Crippen molar-refractivity contribution in [2.75, 3.05) is 31.9 Å². The summed E-state index contributed by atoms with van der Waals surface area (Å²) in [6, 6.07) is 0. The normalized spacial score (nSPS) is 16.9. The van der Waals surface area contributed by atoms with E-state index in [1.807, 2.05) is 27.7 Å². The highest BCUT2D eigenvalue weighted by Gasteiger charge is 2.34. The molecular formula is C12H27NO4S2. The van der Waals surface area contributed by atoms with Crippen molar-refractivity contribution in [2.45, 2.75) is 39.9 Å². The Morgan fingerprint density at radius 1 is 1.32 bits per heavy atom. The molecule has 0 spiro atoms. The summed E-state index contributed by atoms with van der Waals surface area (Å²) in [4.78, 5) is 0. The summed E-state index contributed by atoms with van der Waals surface area (Å²) in [6.45, 7) is 8.00. The molecular weight excluding hydrogens is 286 g/mol. The van der Waals surface area contributed by atoms with Crippen molar-refractivity contribution in [1.29, 1.82) is 0 Å². The Bertz CT molecular complexity index is 404. The van der Waals surface area contributed by atoms with Crippen LogP contribution in [0.4, 0.5) is 0 Å². The summed E-state index contributed by atoms with van der Waals surface area (Å²) in [7, 11) is -2.67. The number of likely N-dealkylation sites (N-methyl/N-ethyl adjacent to an activating group) is 1. The lowest BCUT2D eigenvalue weighted by Crippen LogP contribution is -2.46. The standard InChI is InChI=1S/C12H27NO4S2/c1-10(2)17-11(8-13(5)19(7,15)16)12(3,4)9-18(6)14/h10-11H,8-9H2,1-7H3/t11?,18-/m1/s1. The van der Waals surface area contributed by atoms with Crippen LogP contribution in [0.3, 0.4) is 0 Å². The van der Waals surface area contributed by atoms with E-state index in [4.69, 9.17) is 4.74 Å². The van der Waals surface area contributed by atoms with Gasteiger partial charge < -0.3 is 4.74 Å². The second-order valence-corrected chi connectivity index (χ2v) is 9.45. The number of ether oxygens (including phenoxy) is 1. The summed E-state index contributed by atoms with van der Waals surface area (Å²) in [5, 5.41) is 0. The molecule has 0 radical (unpaired) electrons. The lowest BCUT2D eigenvalue weighted by Gasteiger charge is -2.36. The minimum atomic E-state index is -3.24. The lowest BCUT2D eigenvalue weighted by atomic mass is 9.88. The maximum absolute atomic E-state index is 11.5. The molecule has 0 aromatic rings. The molecule has 5 nitrogen and oxygen atoms in total. The molecule has 0 fully saturated rings. The predicted molar refractivity (Wildman–Crippen MR) is 80.2 cm³/mol. The van der Waals surface area contributed by atoms with Crippen LogP contribution in [0.15, 0.2) is 0 Å². The topological polar surface area (TPSA) is 63.7 Å². The number of hydrogen-bond donors (Lipinski definition) is 0. The van der Waals surface area contributed by atoms with Gasteiger partial charge in [0.15, 0.2) is 0 Å². The minimum absolute atomic E-state index is 0.0115. The molecule has 0 heterocycles. The first-order valence-corrected chi connectivity index (χ1v) is 9.80. The fraction of sp³-hybridized carbons (Fsp3) is 1.00. The van der Waals surface area contributed by atoms with Crippen LogP contribution in [0.5, 0.6) is 0 Å². The third-order valence-electron chi connectivity index (χ3n) is 2.87. The summed E-state index contributed by atoms with van der Waals surface area (Å²) in [5.41, 5.74) is -0.358. The predicted octanol–water partition coefficient (Wildman–Crippen LogP) is 1.08. The number of hydrogen-bond acceptors (Lipinski definition) is 4. The van der Waals surface area contributed by atoms with Gasteiger partial charge in [0.1, 0.15) is 0 Å². The van der Waals surface area contributed by atoms with Crippen molar-refractivity contribution in [1.82, 2.24) is 4.31 Å². The third-order valence-corrected chi connectivity index (χ3v) is 5.30. The van der Waals surface area contributed by atoms with Gasteiger partial charge in [0, 0.05) is 41.8 Å². The maximum atomic E-state index is 11.5. The monoisotopic (exact) mass is 313 g/mol. The van der Waals surface area contributed by atoms with Gasteiger partial charge in [-0.2, -0.15) is 0 Å². The second-order valence-electron chi connectivity index (χ2n) is 5.92. The van der Waals surface area contributed by atoms with E-state index in [2.05, 4.69) is 0 Å². The molecule has 0 aromatic heterocycles. The van der Waals surface area contributed by atoms with Crippen LogP contribution in [-0.4, -0.2) is 61.0 Å². The van der Waals surface area contributed by atoms with E-state index < -0.39 is 20.8 Å². The average molecular weight is 313 g/mol. The van der Waals surface area contributed by atoms with E-state index in [9.17, 15) is 12.6 Å². The van der Waals surface area contributed by atoms with Crippen molar-refractivity contribution in [2.24, 2.45) is 5.41 Å². The van der Waals surface area contributed by atoms with Crippen molar-refractivity contribution in [3.8, 4) is 0 Å². The van der Waals surface area contributed by atoms with Crippen LogP contribution in [-0.2, 0) is 25.6 Å². The molecule has 116 valence electrons. The Balaban J connectivity index is 5.05. The Morgan fingerprint density at radius 2 is 1.79 bits per heavy atom. The van der Waals surface area contributed by atoms with Gasteiger partial charge in [-0.25, -0.2) is 12.7 Å². The number of rotatable bonds is 8. The Hall–Kier alpha value is 0.0200. The van der Waals surface area contributed by atoms with Crippen LogP contribution in [0, 0.1) is 5.41 Å². The van der Waals surface area contributed by atoms with Crippen molar-refractivity contribution in [3.63, 3.8) is 0 Å². The van der Waals surface area contributed by atoms with Gasteiger partial charge in [0.05, 0.1) is 18.5 Å². The maximum Gasteiger partial charge on any atom is 0.211 e. The van der Waals surface area contributed by atoms with Crippen LogP contribution in [0.1, 0.15) is 27.7 Å². The molecule has 0 aliphatic heterocycles. The van der Waals surface area contributed by atoms with E-state index in [-0.39, 0.29) is 24.2 Å². The molecule has 0 rings (SSSR count). The van der Waals surface area contributed by atoms with Crippen LogP contribution < -0.4 is 0 Å². The van der Waals surface area contributed by atoms with E-state index in [1.165, 1.54) is 17.6 Å². The first-order valence-electron chi connectivity index (χ1n) is 6.23. The highest BCUT2D eigenvalue weighted by molar-refractivity contribution is 7.88. The molecule has 0 saturated heterocycles. The van der Waals surface area contributed by atoms with Gasteiger partial charge in [-0.05, 0) is 13.8 Å². The molecule has 19 heavy (non-hydrogen) atoms. The zero-order chi connectivity index (χ0) is 15.4. The minimum Gasteiger partial charge on any atom is -0.374 e. The molecule has 0 aliphatic carbocycles. The first kappa shape index (κ1) is 19.0. The van der Waals surface area contributed by atoms with Gasteiger partial charge >= 0.3 is 0 Å². The van der Waals surface area contributed by atoms with E-state index in [0.717, 1.165) is 0 Å². The van der Waals surface area contributed by atoms with Crippen molar-refractivity contribution >= 4 is 20.8 Å². The molecule has 0 saturated carbocycles. The summed E-state index contributed by atoms with van der Waals surface area (Å²) < 4.78 is 41.6. The Morgan fingerprint density at radius 3 is 2.11 bits per heavy atom. The average Bonchev–Trinajstić information content (AvgIpc) is 2.11. The molecule has 0 aromatic carbocycles. The van der Waals surface area contributed by atoms with E-state index in [1.54, 1.807) is 6.26 Å². The largest absolute Gasteiger partial charge is 0.374 e. The van der Waals surface area contributed by atoms with E-state index in [0.29, 0.717) is 5.75 Å². The fourth-order valence-electron chi connectivity index (χ4n) is 1.79. The summed E-state index contributed by atoms with van der Waals surface area (Å²) in [6.07, 6.45) is 2.51. The van der Waals surface area contributed by atoms with Gasteiger partial charge in [0.2, 0.25) is 10.0 Å². The lowest BCUT2D eigenvalue weighted by molar-refractivity contribution is -0.0554. The first-order chi connectivity index (χ1) is 8.36. The highest BCUT2D eigenvalue weighted by Crippen LogP contribution is 2.26. The van der Waals surface area contributed by atoms with Crippen molar-refractivity contribution in [3.05, 3.63) is 0 Å². The van der Waals surface area contributed by atoms with Crippen LogP contribution >= 0.6 is 0 Å². The van der Waals surface area contributed by atoms with Gasteiger partial charge in [-0.15, -0.1) is 0 Å². The summed E-state index contributed by atoms with van der Waals surface area (Å²) >= 11 is 0. The highest BCUT2D eigenvalue weighted by atomic mass is 32.2. The third kappa shape index (κ3) is 7.39. The molecule has 0 bridgehead atoms. The Kier molecular flexibility index (Phi) is 7.16. The zero-order valence-electron chi connectivity index (χ0n) is 13.0. The molecule has 7 heteroatoms. The van der Waals surface area contributed by atoms with Crippen LogP contribution in [0.25, 0.3) is 0 Å². The van der Waals surface area contributed by atoms with Crippen molar-refractivity contribution < 1.29 is 17.4 Å². The molecule has 2 atom stereocenters. The SMILES string of the molecule is CC(C)OC(CN(C)S(C)(=O)=O)C(C)(C)C[S@@](C)=O. The molecule has 0 N–H and O–H groups in total. The molecule has 1 unspecified atom stereocenters. The number of nitrogens with zero attached hydrogens (tertiary/aromatic N) is 1. The summed E-state index contributed by atoms with van der Waals surface area (Å²) in [5.74, 6) is 0.474. The zero-order valence-corrected chi connectivity index (χ0v) is 14.6. The molecule has 0 amide bonds. The Labute approximate surface area is 120 Å². The number of sulfonamides is 1. The smallest absolute Gasteiger partial charge is 0.211 e. The van der Waals surface area contributed by atoms with Gasteiger partial charge in [0.25, 0.3) is 0 Å². The van der Waals surface area contributed by atoms with Gasteiger partial charge in [-0.1, -0.05) is 13.8 Å². The van der Waals surface area contributed by atoms with E-state index >= 15 is 0 Å². The fourth-order valence-corrected chi connectivity index (χ4v) is 3.43. The quantitative estimate of drug-likeness (QED) is 0.672. The van der Waals surface area contributed by atoms with Crippen LogP contribution in [0.2, 0.25) is 0 Å². The second kappa shape index (κ2) is 7.15. The van der Waals surface area contributed by atoms with Gasteiger partial charge in [-0.3, -0.25) is 4.21 Å². The molecule has 0 aliphatic rings.